The first-order valence-electron chi connectivity index (χ1n) is 5.52. The number of ether oxygens (including phenoxy) is 1. The molecule has 0 N–H and O–H groups in total. The molecule has 0 aliphatic heterocycles. The number of alkyl halides is 3. The van der Waals surface area contributed by atoms with Crippen LogP contribution >= 0.6 is 0 Å². The molecule has 0 amide bonds. The molecule has 1 aromatic rings. The Morgan fingerprint density at radius 3 is 2.44 bits per heavy atom. The highest BCUT2D eigenvalue weighted by atomic mass is 19.4. The number of para-hydroxylation sites is 1. The maximum absolute atomic E-state index is 12.6. The number of hydrogen-bond acceptors (Lipinski definition) is 3. The molecular formula is C12H14F3NO2. The van der Waals surface area contributed by atoms with Crippen molar-refractivity contribution in [1.82, 2.24) is 0 Å². The normalized spacial score (nSPS) is 12.4. The first-order valence-corrected chi connectivity index (χ1v) is 5.52. The highest BCUT2D eigenvalue weighted by Crippen LogP contribution is 2.35. The van der Waals surface area contributed by atoms with Crippen molar-refractivity contribution in [1.29, 1.82) is 0 Å². The number of oxime groups is 1. The summed E-state index contributed by atoms with van der Waals surface area (Å²) in [5.41, 5.74) is -0.860. The molecule has 6 heteroatoms. The van der Waals surface area contributed by atoms with E-state index in [-0.39, 0.29) is 11.6 Å². The van der Waals surface area contributed by atoms with Gasteiger partial charge in [0.2, 0.25) is 5.90 Å². The van der Waals surface area contributed by atoms with Crippen molar-refractivity contribution in [3.63, 3.8) is 0 Å². The molecule has 18 heavy (non-hydrogen) atoms. The molecule has 0 aliphatic carbocycles. The maximum atomic E-state index is 12.6. The van der Waals surface area contributed by atoms with E-state index in [0.29, 0.717) is 13.0 Å². The van der Waals surface area contributed by atoms with Crippen LogP contribution in [-0.2, 0) is 10.9 Å². The van der Waals surface area contributed by atoms with Crippen LogP contribution in [0.2, 0.25) is 0 Å². The molecule has 0 saturated carbocycles. The summed E-state index contributed by atoms with van der Waals surface area (Å²) in [5, 5.41) is 3.57. The molecule has 0 aromatic heterocycles. The molecule has 3 nitrogen and oxygen atoms in total. The lowest BCUT2D eigenvalue weighted by Gasteiger charge is -2.11. The van der Waals surface area contributed by atoms with Gasteiger partial charge in [-0.3, -0.25) is 0 Å². The SMILES string of the molecule is CCOC(CC)=NOc1ccccc1C(F)(F)F. The fourth-order valence-corrected chi connectivity index (χ4v) is 1.24. The van der Waals surface area contributed by atoms with Gasteiger partial charge in [0.15, 0.2) is 5.75 Å². The van der Waals surface area contributed by atoms with Crippen LogP contribution in [0.25, 0.3) is 0 Å². The third-order valence-corrected chi connectivity index (χ3v) is 2.05. The highest BCUT2D eigenvalue weighted by Gasteiger charge is 2.34. The molecule has 0 atom stereocenters. The van der Waals surface area contributed by atoms with Crippen molar-refractivity contribution < 1.29 is 22.7 Å². The van der Waals surface area contributed by atoms with Gasteiger partial charge in [0.25, 0.3) is 0 Å². The Bertz CT molecular complexity index is 416. The van der Waals surface area contributed by atoms with Crippen LogP contribution in [0.1, 0.15) is 25.8 Å². The standard InChI is InChI=1S/C12H14F3NO2/c1-3-11(17-4-2)16-18-10-8-6-5-7-9(10)12(13,14)15/h5-8H,3-4H2,1-2H3. The molecule has 0 aliphatic rings. The van der Waals surface area contributed by atoms with Crippen LogP contribution in [0.3, 0.4) is 0 Å². The van der Waals surface area contributed by atoms with E-state index in [4.69, 9.17) is 9.57 Å². The van der Waals surface area contributed by atoms with Gasteiger partial charge in [0.05, 0.1) is 6.61 Å². The van der Waals surface area contributed by atoms with Crippen molar-refractivity contribution in [2.45, 2.75) is 26.4 Å². The van der Waals surface area contributed by atoms with Crippen molar-refractivity contribution >= 4 is 5.90 Å². The lowest BCUT2D eigenvalue weighted by atomic mass is 10.2. The zero-order valence-electron chi connectivity index (χ0n) is 10.1. The van der Waals surface area contributed by atoms with E-state index >= 15 is 0 Å². The van der Waals surface area contributed by atoms with Crippen LogP contribution in [0, 0.1) is 0 Å². The Morgan fingerprint density at radius 2 is 1.89 bits per heavy atom. The van der Waals surface area contributed by atoms with Crippen LogP contribution in [-0.4, -0.2) is 12.5 Å². The summed E-state index contributed by atoms with van der Waals surface area (Å²) in [5.74, 6) is -0.0786. The third kappa shape index (κ3) is 3.94. The first-order chi connectivity index (χ1) is 8.49. The largest absolute Gasteiger partial charge is 0.479 e. The Kier molecular flexibility index (Phi) is 5.00. The number of halogens is 3. The fraction of sp³-hybridized carbons (Fsp3) is 0.417. The highest BCUT2D eigenvalue weighted by molar-refractivity contribution is 5.75. The van der Waals surface area contributed by atoms with Crippen molar-refractivity contribution in [2.24, 2.45) is 5.16 Å². The van der Waals surface area contributed by atoms with Gasteiger partial charge in [0, 0.05) is 6.42 Å². The molecule has 0 fully saturated rings. The quantitative estimate of drug-likeness (QED) is 0.468. The van der Waals surface area contributed by atoms with Crippen LogP contribution in [0.4, 0.5) is 13.2 Å². The molecule has 0 saturated heterocycles. The van der Waals surface area contributed by atoms with Gasteiger partial charge in [-0.05, 0) is 24.2 Å². The summed E-state index contributed by atoms with van der Waals surface area (Å²) >= 11 is 0. The number of hydrogen-bond donors (Lipinski definition) is 0. The number of benzene rings is 1. The van der Waals surface area contributed by atoms with Crippen LogP contribution in [0.15, 0.2) is 29.4 Å². The Morgan fingerprint density at radius 1 is 1.22 bits per heavy atom. The summed E-state index contributed by atoms with van der Waals surface area (Å²) in [4.78, 5) is 4.81. The van der Waals surface area contributed by atoms with Gasteiger partial charge in [-0.1, -0.05) is 19.1 Å². The predicted molar refractivity (Wildman–Crippen MR) is 61.4 cm³/mol. The molecule has 0 bridgehead atoms. The van der Waals surface area contributed by atoms with Gasteiger partial charge < -0.3 is 9.57 Å². The third-order valence-electron chi connectivity index (χ3n) is 2.05. The van der Waals surface area contributed by atoms with Crippen molar-refractivity contribution in [3.05, 3.63) is 29.8 Å². The topological polar surface area (TPSA) is 30.8 Å². The minimum Gasteiger partial charge on any atom is -0.479 e. The van der Waals surface area contributed by atoms with Gasteiger partial charge >= 0.3 is 6.18 Å². The lowest BCUT2D eigenvalue weighted by molar-refractivity contribution is -0.139. The summed E-state index contributed by atoms with van der Waals surface area (Å²) in [6.07, 6.45) is -4.02. The monoisotopic (exact) mass is 261 g/mol. The maximum Gasteiger partial charge on any atom is 0.420 e. The second-order valence-corrected chi connectivity index (χ2v) is 3.36. The zero-order valence-corrected chi connectivity index (χ0v) is 10.1. The van der Waals surface area contributed by atoms with Gasteiger partial charge in [-0.15, -0.1) is 0 Å². The summed E-state index contributed by atoms with van der Waals surface area (Å²) in [6.45, 7) is 3.92. The summed E-state index contributed by atoms with van der Waals surface area (Å²) in [6, 6.07) is 4.90. The average molecular weight is 261 g/mol. The van der Waals surface area contributed by atoms with E-state index in [1.807, 2.05) is 0 Å². The second kappa shape index (κ2) is 6.28. The van der Waals surface area contributed by atoms with E-state index in [0.717, 1.165) is 6.07 Å². The summed E-state index contributed by atoms with van der Waals surface area (Å²) < 4.78 is 43.0. The smallest absolute Gasteiger partial charge is 0.420 e. The minimum absolute atomic E-state index is 0.259. The second-order valence-electron chi connectivity index (χ2n) is 3.36. The van der Waals surface area contributed by atoms with Crippen LogP contribution in [0.5, 0.6) is 5.75 Å². The van der Waals surface area contributed by atoms with Crippen LogP contribution < -0.4 is 4.84 Å². The van der Waals surface area contributed by atoms with E-state index in [1.54, 1.807) is 13.8 Å². The zero-order chi connectivity index (χ0) is 13.6. The molecular weight excluding hydrogens is 247 g/mol. The van der Waals surface area contributed by atoms with E-state index in [2.05, 4.69) is 5.16 Å². The molecule has 0 radical (unpaired) electrons. The number of nitrogens with zero attached hydrogens (tertiary/aromatic N) is 1. The molecule has 0 spiro atoms. The fourth-order valence-electron chi connectivity index (χ4n) is 1.24. The van der Waals surface area contributed by atoms with Gasteiger partial charge in [-0.25, -0.2) is 0 Å². The van der Waals surface area contributed by atoms with Crippen molar-refractivity contribution in [3.8, 4) is 5.75 Å². The Hall–Kier alpha value is -1.72. The lowest BCUT2D eigenvalue weighted by Crippen LogP contribution is -2.09. The van der Waals surface area contributed by atoms with Gasteiger partial charge in [0.1, 0.15) is 5.56 Å². The Labute approximate surface area is 103 Å². The van der Waals surface area contributed by atoms with Crippen molar-refractivity contribution in [2.75, 3.05) is 6.61 Å². The Balaban J connectivity index is 2.91. The summed E-state index contributed by atoms with van der Waals surface area (Å²) in [7, 11) is 0. The van der Waals surface area contributed by atoms with E-state index in [9.17, 15) is 13.2 Å². The molecule has 1 aromatic carbocycles. The average Bonchev–Trinajstić information content (AvgIpc) is 2.33. The molecule has 0 heterocycles. The van der Waals surface area contributed by atoms with E-state index < -0.39 is 11.7 Å². The predicted octanol–water partition coefficient (Wildman–Crippen LogP) is 3.84. The van der Waals surface area contributed by atoms with Gasteiger partial charge in [-0.2, -0.15) is 13.2 Å². The number of rotatable bonds is 4. The molecule has 1 rings (SSSR count). The molecule has 0 unspecified atom stereocenters. The minimum atomic E-state index is -4.47. The van der Waals surface area contributed by atoms with E-state index in [1.165, 1.54) is 18.2 Å². The first kappa shape index (κ1) is 14.3. The molecule has 100 valence electrons.